The third kappa shape index (κ3) is 1.55. The fraction of sp³-hybridized carbons (Fsp3) is 0.400. The van der Waals surface area contributed by atoms with E-state index in [1.165, 1.54) is 0 Å². The van der Waals surface area contributed by atoms with Gasteiger partial charge in [-0.2, -0.15) is 5.10 Å². The van der Waals surface area contributed by atoms with Crippen LogP contribution in [0.1, 0.15) is 17.1 Å². The lowest BCUT2D eigenvalue weighted by Crippen LogP contribution is -1.92. The Morgan fingerprint density at radius 1 is 1.47 bits per heavy atom. The van der Waals surface area contributed by atoms with E-state index >= 15 is 0 Å². The Balaban J connectivity index is 2.53. The van der Waals surface area contributed by atoms with Gasteiger partial charge >= 0.3 is 0 Å². The molecule has 0 aliphatic heterocycles. The zero-order valence-corrected chi connectivity index (χ0v) is 8.98. The third-order valence-electron chi connectivity index (χ3n) is 2.48. The zero-order valence-electron chi connectivity index (χ0n) is 8.98. The van der Waals surface area contributed by atoms with Gasteiger partial charge in [0.15, 0.2) is 5.76 Å². The van der Waals surface area contributed by atoms with Gasteiger partial charge < -0.3 is 9.63 Å². The van der Waals surface area contributed by atoms with E-state index in [0.29, 0.717) is 11.5 Å². The van der Waals surface area contributed by atoms with Gasteiger partial charge in [0, 0.05) is 18.8 Å². The SMILES string of the molecule is Cc1nn(C)c(C)c1-c1cc(CO)no1. The highest BCUT2D eigenvalue weighted by Crippen LogP contribution is 2.26. The van der Waals surface area contributed by atoms with Crippen LogP contribution in [0.4, 0.5) is 0 Å². The van der Waals surface area contributed by atoms with Gasteiger partial charge in [-0.15, -0.1) is 0 Å². The summed E-state index contributed by atoms with van der Waals surface area (Å²) in [6.07, 6.45) is 0. The Bertz CT molecular complexity index is 485. The molecule has 0 aliphatic carbocycles. The minimum Gasteiger partial charge on any atom is -0.390 e. The average molecular weight is 207 g/mol. The predicted molar refractivity (Wildman–Crippen MR) is 54.1 cm³/mol. The molecule has 5 nitrogen and oxygen atoms in total. The van der Waals surface area contributed by atoms with Crippen molar-refractivity contribution in [2.75, 3.05) is 0 Å². The van der Waals surface area contributed by atoms with Crippen LogP contribution in [0, 0.1) is 13.8 Å². The molecule has 2 rings (SSSR count). The zero-order chi connectivity index (χ0) is 11.0. The Morgan fingerprint density at radius 2 is 2.20 bits per heavy atom. The Labute approximate surface area is 87.3 Å². The summed E-state index contributed by atoms with van der Waals surface area (Å²) < 4.78 is 6.95. The van der Waals surface area contributed by atoms with E-state index in [1.807, 2.05) is 20.9 Å². The Morgan fingerprint density at radius 3 is 2.67 bits per heavy atom. The van der Waals surface area contributed by atoms with Gasteiger partial charge in [0.2, 0.25) is 0 Å². The monoisotopic (exact) mass is 207 g/mol. The van der Waals surface area contributed by atoms with Gasteiger partial charge in [0.05, 0.1) is 17.9 Å². The molecule has 0 radical (unpaired) electrons. The minimum absolute atomic E-state index is 0.109. The van der Waals surface area contributed by atoms with Gasteiger partial charge in [-0.1, -0.05) is 5.16 Å². The maximum Gasteiger partial charge on any atom is 0.170 e. The van der Waals surface area contributed by atoms with Crippen LogP contribution in [-0.2, 0) is 13.7 Å². The van der Waals surface area contributed by atoms with Crippen LogP contribution in [0.5, 0.6) is 0 Å². The van der Waals surface area contributed by atoms with Gasteiger partial charge in [0.1, 0.15) is 5.69 Å². The lowest BCUT2D eigenvalue weighted by Gasteiger charge is -1.95. The van der Waals surface area contributed by atoms with Crippen molar-refractivity contribution in [1.29, 1.82) is 0 Å². The number of hydrogen-bond acceptors (Lipinski definition) is 4. The molecular weight excluding hydrogens is 194 g/mol. The van der Waals surface area contributed by atoms with Crippen LogP contribution >= 0.6 is 0 Å². The molecule has 0 atom stereocenters. The molecule has 2 aromatic heterocycles. The van der Waals surface area contributed by atoms with Gasteiger partial charge in [-0.05, 0) is 13.8 Å². The van der Waals surface area contributed by atoms with Crippen molar-refractivity contribution < 1.29 is 9.63 Å². The average Bonchev–Trinajstić information content (AvgIpc) is 2.74. The molecule has 0 fully saturated rings. The first-order chi connectivity index (χ1) is 7.13. The van der Waals surface area contributed by atoms with E-state index < -0.39 is 0 Å². The van der Waals surface area contributed by atoms with E-state index in [0.717, 1.165) is 17.0 Å². The number of aromatic nitrogens is 3. The Hall–Kier alpha value is -1.62. The van der Waals surface area contributed by atoms with Crippen molar-refractivity contribution in [2.45, 2.75) is 20.5 Å². The van der Waals surface area contributed by atoms with Gasteiger partial charge in [-0.3, -0.25) is 4.68 Å². The second-order valence-electron chi connectivity index (χ2n) is 3.51. The number of aliphatic hydroxyl groups excluding tert-OH is 1. The summed E-state index contributed by atoms with van der Waals surface area (Å²) in [5.41, 5.74) is 3.40. The van der Waals surface area contributed by atoms with Crippen LogP contribution in [0.25, 0.3) is 11.3 Å². The predicted octanol–water partition coefficient (Wildman–Crippen LogP) is 1.18. The third-order valence-corrected chi connectivity index (χ3v) is 2.48. The highest BCUT2D eigenvalue weighted by Gasteiger charge is 2.15. The summed E-state index contributed by atoms with van der Waals surface area (Å²) in [7, 11) is 1.88. The molecule has 0 aliphatic rings. The summed E-state index contributed by atoms with van der Waals surface area (Å²) in [5.74, 6) is 0.655. The smallest absolute Gasteiger partial charge is 0.170 e. The van der Waals surface area contributed by atoms with Crippen molar-refractivity contribution in [3.63, 3.8) is 0 Å². The summed E-state index contributed by atoms with van der Waals surface area (Å²) in [6.45, 7) is 3.78. The first kappa shape index (κ1) is 9.92. The van der Waals surface area contributed by atoms with Crippen LogP contribution < -0.4 is 0 Å². The van der Waals surface area contributed by atoms with Crippen molar-refractivity contribution in [2.24, 2.45) is 7.05 Å². The minimum atomic E-state index is -0.109. The molecule has 0 aromatic carbocycles. The lowest BCUT2D eigenvalue weighted by molar-refractivity contribution is 0.267. The van der Waals surface area contributed by atoms with Gasteiger partial charge in [0.25, 0.3) is 0 Å². The molecule has 0 bridgehead atoms. The molecule has 0 amide bonds. The summed E-state index contributed by atoms with van der Waals surface area (Å²) in [5, 5.41) is 16.9. The largest absolute Gasteiger partial charge is 0.390 e. The van der Waals surface area contributed by atoms with E-state index in [9.17, 15) is 0 Å². The second kappa shape index (κ2) is 3.51. The summed E-state index contributed by atoms with van der Waals surface area (Å²) in [6, 6.07) is 1.73. The molecule has 0 saturated carbocycles. The Kier molecular flexibility index (Phi) is 2.32. The molecule has 2 aromatic rings. The number of aliphatic hydroxyl groups is 1. The molecule has 80 valence electrons. The first-order valence-corrected chi connectivity index (χ1v) is 4.70. The standard InChI is InChI=1S/C10H13N3O2/c1-6-10(7(2)13(3)11-6)9-4-8(5-14)12-15-9/h4,14H,5H2,1-3H3. The van der Waals surface area contributed by atoms with Crippen molar-refractivity contribution in [3.8, 4) is 11.3 Å². The normalized spacial score (nSPS) is 10.9. The van der Waals surface area contributed by atoms with Crippen molar-refractivity contribution >= 4 is 0 Å². The molecule has 1 N–H and O–H groups in total. The van der Waals surface area contributed by atoms with Crippen LogP contribution in [0.3, 0.4) is 0 Å². The molecule has 15 heavy (non-hydrogen) atoms. The molecule has 0 spiro atoms. The van der Waals surface area contributed by atoms with Crippen LogP contribution in [0.2, 0.25) is 0 Å². The second-order valence-corrected chi connectivity index (χ2v) is 3.51. The number of hydrogen-bond donors (Lipinski definition) is 1. The fourth-order valence-corrected chi connectivity index (χ4v) is 1.63. The van der Waals surface area contributed by atoms with Crippen LogP contribution in [0.15, 0.2) is 10.6 Å². The van der Waals surface area contributed by atoms with Crippen molar-refractivity contribution in [1.82, 2.24) is 14.9 Å². The van der Waals surface area contributed by atoms with E-state index in [4.69, 9.17) is 9.63 Å². The maximum atomic E-state index is 8.90. The summed E-state index contributed by atoms with van der Waals surface area (Å²) >= 11 is 0. The fourth-order valence-electron chi connectivity index (χ4n) is 1.63. The van der Waals surface area contributed by atoms with E-state index in [2.05, 4.69) is 10.3 Å². The molecule has 2 heterocycles. The molecule has 5 heteroatoms. The number of rotatable bonds is 2. The van der Waals surface area contributed by atoms with Crippen LogP contribution in [-0.4, -0.2) is 20.0 Å². The number of aryl methyl sites for hydroxylation is 2. The summed E-state index contributed by atoms with van der Waals surface area (Å²) in [4.78, 5) is 0. The highest BCUT2D eigenvalue weighted by molar-refractivity contribution is 5.63. The maximum absolute atomic E-state index is 8.90. The van der Waals surface area contributed by atoms with Gasteiger partial charge in [-0.25, -0.2) is 0 Å². The molecule has 0 unspecified atom stereocenters. The highest BCUT2D eigenvalue weighted by atomic mass is 16.5. The first-order valence-electron chi connectivity index (χ1n) is 4.70. The van der Waals surface area contributed by atoms with E-state index in [1.54, 1.807) is 10.7 Å². The topological polar surface area (TPSA) is 64.1 Å². The lowest BCUT2D eigenvalue weighted by atomic mass is 10.1. The van der Waals surface area contributed by atoms with E-state index in [-0.39, 0.29) is 6.61 Å². The molecular formula is C10H13N3O2. The molecule has 0 saturated heterocycles. The van der Waals surface area contributed by atoms with Crippen molar-refractivity contribution in [3.05, 3.63) is 23.1 Å². The number of nitrogens with zero attached hydrogens (tertiary/aromatic N) is 3. The quantitative estimate of drug-likeness (QED) is 0.803.